The quantitative estimate of drug-likeness (QED) is 0.368. The molecule has 3 aromatic rings. The normalized spacial score (nSPS) is 10.6. The van der Waals surface area contributed by atoms with Gasteiger partial charge < -0.3 is 14.8 Å². The summed E-state index contributed by atoms with van der Waals surface area (Å²) in [6.45, 7) is 11.3. The molecule has 0 aliphatic rings. The number of allylic oxidation sites excluding steroid dienone is 1. The topological polar surface area (TPSA) is 30.5 Å². The standard InChI is InChI=1S/C27H30FNO2/c1-5-9-22-15-21(17-29-25-14-19(3)12-13-20(25)4)16-26(30-6-2)27(22)31-18-23-10-7-8-11-24(23)28/h5,7-8,10-16,29H,1,6,9,17-18H2,2-4H3. The molecule has 0 heterocycles. The van der Waals surface area contributed by atoms with Crippen LogP contribution >= 0.6 is 0 Å². The van der Waals surface area contributed by atoms with Gasteiger partial charge in [0, 0.05) is 23.4 Å². The van der Waals surface area contributed by atoms with E-state index in [9.17, 15) is 4.39 Å². The maximum atomic E-state index is 14.0. The van der Waals surface area contributed by atoms with E-state index in [0.717, 1.165) is 16.8 Å². The zero-order valence-electron chi connectivity index (χ0n) is 18.5. The lowest BCUT2D eigenvalue weighted by molar-refractivity contribution is 0.263. The molecule has 0 radical (unpaired) electrons. The number of hydrogen-bond acceptors (Lipinski definition) is 3. The van der Waals surface area contributed by atoms with Crippen LogP contribution in [0.25, 0.3) is 0 Å². The number of aryl methyl sites for hydroxylation is 2. The summed E-state index contributed by atoms with van der Waals surface area (Å²) in [5.74, 6) is 1.02. The van der Waals surface area contributed by atoms with Crippen LogP contribution in [-0.2, 0) is 19.6 Å². The maximum absolute atomic E-state index is 14.0. The van der Waals surface area contributed by atoms with Gasteiger partial charge >= 0.3 is 0 Å². The van der Waals surface area contributed by atoms with E-state index in [2.05, 4.69) is 50.0 Å². The summed E-state index contributed by atoms with van der Waals surface area (Å²) < 4.78 is 26.0. The fourth-order valence-corrected chi connectivity index (χ4v) is 3.45. The van der Waals surface area contributed by atoms with Crippen LogP contribution < -0.4 is 14.8 Å². The Balaban J connectivity index is 1.87. The molecule has 0 atom stereocenters. The Bertz CT molecular complexity index is 1050. The van der Waals surface area contributed by atoms with E-state index in [4.69, 9.17) is 9.47 Å². The van der Waals surface area contributed by atoms with E-state index in [-0.39, 0.29) is 12.4 Å². The van der Waals surface area contributed by atoms with Gasteiger partial charge in [-0.25, -0.2) is 4.39 Å². The lowest BCUT2D eigenvalue weighted by atomic mass is 10.0. The Kier molecular flexibility index (Phi) is 7.71. The van der Waals surface area contributed by atoms with E-state index >= 15 is 0 Å². The minimum absolute atomic E-state index is 0.136. The molecular formula is C27H30FNO2. The van der Waals surface area contributed by atoms with Gasteiger partial charge in [0.05, 0.1) is 6.61 Å². The molecule has 4 heteroatoms. The van der Waals surface area contributed by atoms with Crippen molar-refractivity contribution in [1.82, 2.24) is 0 Å². The average Bonchev–Trinajstić information content (AvgIpc) is 2.75. The van der Waals surface area contributed by atoms with Crippen molar-refractivity contribution in [2.75, 3.05) is 11.9 Å². The lowest BCUT2D eigenvalue weighted by Gasteiger charge is -2.18. The highest BCUT2D eigenvalue weighted by molar-refractivity contribution is 5.55. The molecule has 162 valence electrons. The summed E-state index contributed by atoms with van der Waals surface area (Å²) in [5.41, 5.74) is 6.09. The summed E-state index contributed by atoms with van der Waals surface area (Å²) in [6, 6.07) is 17.1. The van der Waals surface area contributed by atoms with Gasteiger partial charge in [-0.2, -0.15) is 0 Å². The van der Waals surface area contributed by atoms with Gasteiger partial charge in [-0.3, -0.25) is 0 Å². The number of anilines is 1. The van der Waals surface area contributed by atoms with Crippen LogP contribution in [0.3, 0.4) is 0 Å². The Morgan fingerprint density at radius 3 is 2.55 bits per heavy atom. The number of nitrogens with one attached hydrogen (secondary N) is 1. The van der Waals surface area contributed by atoms with Crippen LogP contribution in [0.5, 0.6) is 11.5 Å². The third-order valence-electron chi connectivity index (χ3n) is 5.06. The molecule has 3 nitrogen and oxygen atoms in total. The Hall–Kier alpha value is -3.27. The molecule has 1 N–H and O–H groups in total. The molecule has 0 bridgehead atoms. The zero-order valence-corrected chi connectivity index (χ0v) is 18.5. The van der Waals surface area contributed by atoms with Gasteiger partial charge in [-0.05, 0) is 68.1 Å². The van der Waals surface area contributed by atoms with Crippen molar-refractivity contribution >= 4 is 5.69 Å². The predicted octanol–water partition coefficient (Wildman–Crippen LogP) is 6.76. The molecule has 31 heavy (non-hydrogen) atoms. The number of hydrogen-bond donors (Lipinski definition) is 1. The van der Waals surface area contributed by atoms with E-state index in [1.54, 1.807) is 18.2 Å². The highest BCUT2D eigenvalue weighted by Crippen LogP contribution is 2.35. The molecule has 0 aromatic heterocycles. The lowest BCUT2D eigenvalue weighted by Crippen LogP contribution is -2.07. The van der Waals surface area contributed by atoms with Gasteiger partial charge in [0.1, 0.15) is 12.4 Å². The van der Waals surface area contributed by atoms with Crippen LogP contribution in [0.4, 0.5) is 10.1 Å². The zero-order chi connectivity index (χ0) is 22.2. The maximum Gasteiger partial charge on any atom is 0.165 e. The fourth-order valence-electron chi connectivity index (χ4n) is 3.45. The second-order valence-corrected chi connectivity index (χ2v) is 7.56. The molecule has 0 spiro atoms. The van der Waals surface area contributed by atoms with Crippen LogP contribution in [0, 0.1) is 19.7 Å². The van der Waals surface area contributed by atoms with Gasteiger partial charge in [0.2, 0.25) is 0 Å². The van der Waals surface area contributed by atoms with Crippen molar-refractivity contribution in [3.8, 4) is 11.5 Å². The van der Waals surface area contributed by atoms with Crippen molar-refractivity contribution in [2.45, 2.75) is 40.3 Å². The van der Waals surface area contributed by atoms with Gasteiger partial charge in [0.15, 0.2) is 11.5 Å². The third-order valence-corrected chi connectivity index (χ3v) is 5.06. The number of ether oxygens (including phenoxy) is 2. The summed E-state index contributed by atoms with van der Waals surface area (Å²) in [4.78, 5) is 0. The van der Waals surface area contributed by atoms with Gasteiger partial charge in [0.25, 0.3) is 0 Å². The predicted molar refractivity (Wildman–Crippen MR) is 125 cm³/mol. The van der Waals surface area contributed by atoms with Crippen LogP contribution in [-0.4, -0.2) is 6.61 Å². The van der Waals surface area contributed by atoms with Gasteiger partial charge in [-0.15, -0.1) is 6.58 Å². The monoisotopic (exact) mass is 419 g/mol. The Morgan fingerprint density at radius 2 is 1.81 bits per heavy atom. The molecule has 0 amide bonds. The average molecular weight is 420 g/mol. The molecule has 0 saturated carbocycles. The summed E-state index contributed by atoms with van der Waals surface area (Å²) in [6.07, 6.45) is 2.47. The van der Waals surface area contributed by atoms with Gasteiger partial charge in [-0.1, -0.05) is 36.4 Å². The van der Waals surface area contributed by atoms with Crippen LogP contribution in [0.1, 0.15) is 34.7 Å². The first-order valence-electron chi connectivity index (χ1n) is 10.6. The van der Waals surface area contributed by atoms with E-state index < -0.39 is 0 Å². The molecule has 3 aromatic carbocycles. The minimum Gasteiger partial charge on any atom is -0.490 e. The third kappa shape index (κ3) is 5.88. The SMILES string of the molecule is C=CCc1cc(CNc2cc(C)ccc2C)cc(OCC)c1OCc1ccccc1F. The highest BCUT2D eigenvalue weighted by atomic mass is 19.1. The highest BCUT2D eigenvalue weighted by Gasteiger charge is 2.15. The van der Waals surface area contributed by atoms with E-state index in [1.807, 2.05) is 19.1 Å². The second kappa shape index (κ2) is 10.7. The Labute approximate surface area is 184 Å². The van der Waals surface area contributed by atoms with Crippen molar-refractivity contribution in [2.24, 2.45) is 0 Å². The molecule has 3 rings (SSSR count). The number of rotatable bonds is 10. The summed E-state index contributed by atoms with van der Waals surface area (Å²) >= 11 is 0. The van der Waals surface area contributed by atoms with Crippen molar-refractivity contribution in [3.63, 3.8) is 0 Å². The number of benzene rings is 3. The largest absolute Gasteiger partial charge is 0.490 e. The first-order chi connectivity index (χ1) is 15.0. The van der Waals surface area contributed by atoms with E-state index in [1.165, 1.54) is 17.2 Å². The second-order valence-electron chi connectivity index (χ2n) is 7.56. The van der Waals surface area contributed by atoms with Crippen molar-refractivity contribution in [1.29, 1.82) is 0 Å². The molecule has 0 unspecified atom stereocenters. The molecule has 0 aliphatic carbocycles. The fraction of sp³-hybridized carbons (Fsp3) is 0.259. The molecule has 0 saturated heterocycles. The van der Waals surface area contributed by atoms with Crippen LogP contribution in [0.2, 0.25) is 0 Å². The minimum atomic E-state index is -0.278. The number of halogens is 1. The Morgan fingerprint density at radius 1 is 1.00 bits per heavy atom. The smallest absolute Gasteiger partial charge is 0.165 e. The van der Waals surface area contributed by atoms with Crippen LogP contribution in [0.15, 0.2) is 67.3 Å². The summed E-state index contributed by atoms with van der Waals surface area (Å²) in [5, 5.41) is 3.52. The molecule has 0 aliphatic heterocycles. The van der Waals surface area contributed by atoms with Crippen molar-refractivity contribution in [3.05, 3.63) is 101 Å². The summed E-state index contributed by atoms with van der Waals surface area (Å²) in [7, 11) is 0. The first kappa shape index (κ1) is 22.4. The first-order valence-corrected chi connectivity index (χ1v) is 10.6. The van der Waals surface area contributed by atoms with E-state index in [0.29, 0.717) is 36.6 Å². The van der Waals surface area contributed by atoms with Crippen molar-refractivity contribution < 1.29 is 13.9 Å². The molecular weight excluding hydrogens is 389 g/mol. The molecule has 0 fully saturated rings.